The van der Waals surface area contributed by atoms with Crippen molar-refractivity contribution in [3.05, 3.63) is 211 Å². The van der Waals surface area contributed by atoms with E-state index in [0.29, 0.717) is 0 Å². The Labute approximate surface area is 294 Å². The van der Waals surface area contributed by atoms with Crippen molar-refractivity contribution in [2.45, 2.75) is 19.3 Å². The number of rotatable bonds is 6. The predicted octanol–water partition coefficient (Wildman–Crippen LogP) is 11.3. The minimum absolute atomic E-state index is 0.912. The molecule has 4 heteroatoms. The molecule has 0 radical (unpaired) electrons. The standard InChI is InChI=1S/3C15H12N.Ir/c3*1-2-9-14(10-3-1)16-12-6-8-13-7-4-5-11-15(13)16;/h3*1-7,9-11H,8H2;. The van der Waals surface area contributed by atoms with E-state index >= 15 is 0 Å². The molecule has 0 fully saturated rings. The van der Waals surface area contributed by atoms with E-state index in [2.05, 4.69) is 197 Å². The summed E-state index contributed by atoms with van der Waals surface area (Å²) < 4.78 is 4.30. The van der Waals surface area contributed by atoms with Crippen LogP contribution in [0.25, 0.3) is 0 Å². The monoisotopic (exact) mass is 811 g/mol. The van der Waals surface area contributed by atoms with Crippen LogP contribution in [0.1, 0.15) is 16.7 Å². The Morgan fingerprint density at radius 1 is 0.306 bits per heavy atom. The van der Waals surface area contributed by atoms with Gasteiger partial charge in [0.15, 0.2) is 0 Å². The van der Waals surface area contributed by atoms with Crippen LogP contribution in [0.3, 0.4) is 0 Å². The summed E-state index contributed by atoms with van der Waals surface area (Å²) >= 11 is -2.71. The molecule has 0 bridgehead atoms. The molecule has 3 heterocycles. The third-order valence-corrected chi connectivity index (χ3v) is 16.1. The normalized spacial score (nSPS) is 15.3. The summed E-state index contributed by atoms with van der Waals surface area (Å²) in [6.45, 7) is 0. The molecule has 0 saturated heterocycles. The Hall–Kier alpha value is -5.41. The molecule has 49 heavy (non-hydrogen) atoms. The fourth-order valence-corrected chi connectivity index (χ4v) is 14.6. The molecular weight excluding hydrogens is 775 g/mol. The molecule has 0 unspecified atom stereocenters. The van der Waals surface area contributed by atoms with Gasteiger partial charge in [0.1, 0.15) is 0 Å². The number of anilines is 6. The molecule has 0 aromatic heterocycles. The topological polar surface area (TPSA) is 9.72 Å². The number of nitrogens with zero attached hydrogens (tertiary/aromatic N) is 3. The first-order valence-electron chi connectivity index (χ1n) is 16.9. The molecule has 0 amide bonds. The average molecular weight is 811 g/mol. The SMILES string of the molecule is C1=[C]([Ir]([C]2=CCc3ccccc3N2c2ccccc2)[C]2=CCc3ccccc3N2c2ccccc2)N(c2ccccc2)c2ccccc2C1. The van der Waals surface area contributed by atoms with Crippen molar-refractivity contribution in [1.82, 2.24) is 0 Å². The Morgan fingerprint density at radius 3 is 0.878 bits per heavy atom. The van der Waals surface area contributed by atoms with E-state index in [-0.39, 0.29) is 0 Å². The van der Waals surface area contributed by atoms with Crippen LogP contribution in [-0.4, -0.2) is 0 Å². The zero-order valence-electron chi connectivity index (χ0n) is 27.1. The second kappa shape index (κ2) is 12.9. The van der Waals surface area contributed by atoms with E-state index in [4.69, 9.17) is 0 Å². The molecule has 0 spiro atoms. The maximum atomic E-state index is 2.59. The summed E-state index contributed by atoms with van der Waals surface area (Å²) in [7, 11) is 0. The first-order valence-corrected chi connectivity index (χ1v) is 20.5. The number of para-hydroxylation sites is 6. The molecule has 0 N–H and O–H groups in total. The van der Waals surface area contributed by atoms with E-state index in [9.17, 15) is 0 Å². The summed E-state index contributed by atoms with van der Waals surface area (Å²) in [4.78, 5) is 7.76. The van der Waals surface area contributed by atoms with Crippen molar-refractivity contribution >= 4 is 34.1 Å². The van der Waals surface area contributed by atoms with Gasteiger partial charge in [0.05, 0.1) is 0 Å². The van der Waals surface area contributed by atoms with E-state index in [1.54, 1.807) is 0 Å². The van der Waals surface area contributed by atoms with Crippen LogP contribution in [0.15, 0.2) is 195 Å². The van der Waals surface area contributed by atoms with Crippen molar-refractivity contribution in [2.75, 3.05) is 14.7 Å². The molecule has 0 saturated carbocycles. The van der Waals surface area contributed by atoms with Crippen LogP contribution >= 0.6 is 0 Å². The second-order valence-corrected chi connectivity index (χ2v) is 17.8. The molecule has 6 aromatic carbocycles. The molecule has 3 aliphatic heterocycles. The number of benzene rings is 6. The van der Waals surface area contributed by atoms with Gasteiger partial charge >= 0.3 is 296 Å². The second-order valence-electron chi connectivity index (χ2n) is 12.3. The molecule has 3 aliphatic rings. The van der Waals surface area contributed by atoms with Crippen LogP contribution in [-0.2, 0) is 35.7 Å². The number of hydrogen-bond acceptors (Lipinski definition) is 3. The van der Waals surface area contributed by atoms with Crippen molar-refractivity contribution < 1.29 is 16.5 Å². The van der Waals surface area contributed by atoms with Gasteiger partial charge in [-0.2, -0.15) is 0 Å². The fourth-order valence-electron chi connectivity index (χ4n) is 7.07. The molecule has 0 aliphatic carbocycles. The summed E-state index contributed by atoms with van der Waals surface area (Å²) in [6, 6.07) is 59.9. The molecule has 6 aromatic rings. The Morgan fingerprint density at radius 2 is 0.571 bits per heavy atom. The van der Waals surface area contributed by atoms with Gasteiger partial charge in [-0.3, -0.25) is 0 Å². The Balaban J connectivity index is 1.32. The Kier molecular flexibility index (Phi) is 7.82. The molecule has 0 atom stereocenters. The third kappa shape index (κ3) is 5.34. The number of fused-ring (bicyclic) bond motifs is 3. The number of hydrogen-bond donors (Lipinski definition) is 0. The maximum absolute atomic E-state index is 2.71. The van der Waals surface area contributed by atoms with Crippen LogP contribution in [0.2, 0.25) is 0 Å². The molecular formula is C45H36IrN3. The van der Waals surface area contributed by atoms with E-state index in [1.165, 1.54) is 63.4 Å². The first-order chi connectivity index (χ1) is 24.3. The van der Waals surface area contributed by atoms with Crippen molar-refractivity contribution in [2.24, 2.45) is 0 Å². The van der Waals surface area contributed by atoms with Gasteiger partial charge in [-0.1, -0.05) is 0 Å². The molecule has 9 rings (SSSR count). The van der Waals surface area contributed by atoms with E-state index in [0.717, 1.165) is 19.3 Å². The van der Waals surface area contributed by atoms with Gasteiger partial charge in [0.2, 0.25) is 0 Å². The minimum atomic E-state index is -2.71. The van der Waals surface area contributed by atoms with Gasteiger partial charge in [-0.15, -0.1) is 0 Å². The number of allylic oxidation sites excluding steroid dienone is 3. The average Bonchev–Trinajstić information content (AvgIpc) is 3.18. The van der Waals surface area contributed by atoms with Crippen molar-refractivity contribution in [1.29, 1.82) is 0 Å². The van der Waals surface area contributed by atoms with Crippen LogP contribution in [0, 0.1) is 0 Å². The van der Waals surface area contributed by atoms with Crippen molar-refractivity contribution in [3.63, 3.8) is 0 Å². The zero-order valence-corrected chi connectivity index (χ0v) is 29.5. The molecule has 3 nitrogen and oxygen atoms in total. The third-order valence-electron chi connectivity index (χ3n) is 9.31. The van der Waals surface area contributed by atoms with E-state index < -0.39 is 16.5 Å². The van der Waals surface area contributed by atoms with Crippen LogP contribution in [0.5, 0.6) is 0 Å². The van der Waals surface area contributed by atoms with Gasteiger partial charge in [0.25, 0.3) is 0 Å². The fraction of sp³-hybridized carbons (Fsp3) is 0.0667. The zero-order chi connectivity index (χ0) is 32.6. The van der Waals surface area contributed by atoms with Crippen LogP contribution in [0.4, 0.5) is 34.1 Å². The van der Waals surface area contributed by atoms with Gasteiger partial charge < -0.3 is 0 Å². The quantitative estimate of drug-likeness (QED) is 0.166. The predicted molar refractivity (Wildman–Crippen MR) is 200 cm³/mol. The molecule has 240 valence electrons. The van der Waals surface area contributed by atoms with Crippen LogP contribution < -0.4 is 14.7 Å². The van der Waals surface area contributed by atoms with Gasteiger partial charge in [-0.05, 0) is 0 Å². The van der Waals surface area contributed by atoms with Crippen molar-refractivity contribution in [3.8, 4) is 0 Å². The van der Waals surface area contributed by atoms with Gasteiger partial charge in [-0.25, -0.2) is 0 Å². The van der Waals surface area contributed by atoms with E-state index in [1.807, 2.05) is 0 Å². The Bertz CT molecular complexity index is 1970. The summed E-state index contributed by atoms with van der Waals surface area (Å²) in [6.07, 6.45) is 10.4. The summed E-state index contributed by atoms with van der Waals surface area (Å²) in [5.41, 5.74) is 11.5. The summed E-state index contributed by atoms with van der Waals surface area (Å²) in [5, 5.41) is 0. The first kappa shape index (κ1) is 29.7. The van der Waals surface area contributed by atoms with Gasteiger partial charge in [0, 0.05) is 0 Å². The summed E-state index contributed by atoms with van der Waals surface area (Å²) in [5.74, 6) is 0.